The summed E-state index contributed by atoms with van der Waals surface area (Å²) in [6.07, 6.45) is 0. The second kappa shape index (κ2) is 8.45. The third kappa shape index (κ3) is 4.59. The normalized spacial score (nSPS) is 11.2. The van der Waals surface area contributed by atoms with Crippen LogP contribution in [0.5, 0.6) is 0 Å². The Morgan fingerprint density at radius 1 is 1.43 bits per heavy atom. The molecule has 2 amide bonds. The van der Waals surface area contributed by atoms with Crippen LogP contribution in [0.1, 0.15) is 36.0 Å². The molecule has 0 aliphatic heterocycles. The number of nitrogens with zero attached hydrogens (tertiary/aromatic N) is 1. The zero-order valence-electron chi connectivity index (χ0n) is 12.6. The molecule has 0 aliphatic rings. The van der Waals surface area contributed by atoms with E-state index in [1.54, 1.807) is 23.3 Å². The van der Waals surface area contributed by atoms with Crippen LogP contribution >= 0.6 is 11.3 Å². The third-order valence-corrected chi connectivity index (χ3v) is 3.90. The van der Waals surface area contributed by atoms with E-state index in [-0.39, 0.29) is 18.4 Å². The van der Waals surface area contributed by atoms with Gasteiger partial charge in [0.15, 0.2) is 0 Å². The Balaban J connectivity index is 2.77. The molecule has 5 nitrogen and oxygen atoms in total. The molecule has 0 spiro atoms. The van der Waals surface area contributed by atoms with Crippen molar-refractivity contribution in [3.8, 4) is 11.8 Å². The third-order valence-electron chi connectivity index (χ3n) is 2.99. The molecule has 0 saturated heterocycles. The maximum Gasteiger partial charge on any atom is 0.263 e. The van der Waals surface area contributed by atoms with Gasteiger partial charge in [0.25, 0.3) is 5.91 Å². The van der Waals surface area contributed by atoms with Crippen LogP contribution in [0, 0.1) is 11.8 Å². The van der Waals surface area contributed by atoms with Crippen molar-refractivity contribution in [1.29, 1.82) is 0 Å². The molecule has 1 heterocycles. The Morgan fingerprint density at radius 3 is 2.67 bits per heavy atom. The van der Waals surface area contributed by atoms with Gasteiger partial charge < -0.3 is 16.0 Å². The molecule has 0 saturated carbocycles. The van der Waals surface area contributed by atoms with E-state index in [2.05, 4.69) is 17.2 Å². The minimum Gasteiger partial charge on any atom is -0.341 e. The highest BCUT2D eigenvalue weighted by Gasteiger charge is 2.22. The fourth-order valence-electron chi connectivity index (χ4n) is 1.86. The topological polar surface area (TPSA) is 75.4 Å². The lowest BCUT2D eigenvalue weighted by Crippen LogP contribution is -2.46. The van der Waals surface area contributed by atoms with Gasteiger partial charge in [0.2, 0.25) is 5.91 Å². The van der Waals surface area contributed by atoms with E-state index < -0.39 is 6.04 Å². The van der Waals surface area contributed by atoms with Gasteiger partial charge in [-0.15, -0.1) is 11.3 Å². The predicted molar refractivity (Wildman–Crippen MR) is 85.1 cm³/mol. The lowest BCUT2D eigenvalue weighted by atomic mass is 10.2. The monoisotopic (exact) mass is 307 g/mol. The van der Waals surface area contributed by atoms with Crippen molar-refractivity contribution in [2.75, 3.05) is 19.6 Å². The average molecular weight is 307 g/mol. The summed E-state index contributed by atoms with van der Waals surface area (Å²) in [4.78, 5) is 26.6. The van der Waals surface area contributed by atoms with Gasteiger partial charge in [-0.2, -0.15) is 0 Å². The smallest absolute Gasteiger partial charge is 0.263 e. The molecule has 1 rings (SSSR count). The molecule has 1 atom stereocenters. The Labute approximate surface area is 129 Å². The molecule has 1 unspecified atom stereocenters. The first-order valence-corrected chi connectivity index (χ1v) is 7.79. The molecule has 0 aromatic carbocycles. The molecule has 3 N–H and O–H groups in total. The first-order valence-electron chi connectivity index (χ1n) is 6.91. The van der Waals surface area contributed by atoms with Crippen LogP contribution in [0.15, 0.2) is 11.4 Å². The highest BCUT2D eigenvalue weighted by Crippen LogP contribution is 2.15. The number of rotatable bonds is 5. The fourth-order valence-corrected chi connectivity index (χ4v) is 2.62. The van der Waals surface area contributed by atoms with E-state index in [9.17, 15) is 9.59 Å². The van der Waals surface area contributed by atoms with E-state index >= 15 is 0 Å². The van der Waals surface area contributed by atoms with Gasteiger partial charge in [0.05, 0.1) is 6.54 Å². The number of amides is 2. The minimum absolute atomic E-state index is 0.0838. The van der Waals surface area contributed by atoms with Gasteiger partial charge in [-0.25, -0.2) is 0 Å². The Morgan fingerprint density at radius 2 is 2.10 bits per heavy atom. The Bertz CT molecular complexity index is 553. The summed E-state index contributed by atoms with van der Waals surface area (Å²) in [7, 11) is 0. The van der Waals surface area contributed by atoms with E-state index in [4.69, 9.17) is 5.73 Å². The zero-order valence-corrected chi connectivity index (χ0v) is 13.4. The van der Waals surface area contributed by atoms with Crippen molar-refractivity contribution >= 4 is 23.2 Å². The number of nitrogens with one attached hydrogen (secondary N) is 1. The largest absolute Gasteiger partial charge is 0.341 e. The van der Waals surface area contributed by atoms with Gasteiger partial charge in [-0.05, 0) is 32.2 Å². The molecule has 114 valence electrons. The van der Waals surface area contributed by atoms with Crippen LogP contribution in [0.2, 0.25) is 0 Å². The van der Waals surface area contributed by atoms with Gasteiger partial charge in [0.1, 0.15) is 10.9 Å². The molecule has 1 aromatic heterocycles. The minimum atomic E-state index is -0.560. The number of thiophene rings is 1. The number of carbonyl (C=O) groups excluding carboxylic acids is 2. The van der Waals surface area contributed by atoms with Crippen LogP contribution < -0.4 is 11.1 Å². The molecule has 0 radical (unpaired) electrons. The molecule has 0 aliphatic carbocycles. The first kappa shape index (κ1) is 17.2. The molecule has 1 aromatic rings. The highest BCUT2D eigenvalue weighted by molar-refractivity contribution is 7.12. The standard InChI is InChI=1S/C15H21N3O2S/c1-4-18(5-2)15(20)11(3)17-14(19)13-12(7-6-9-16)8-10-21-13/h8,10-11H,4-5,9,16H2,1-3H3,(H,17,19). The van der Waals surface area contributed by atoms with Crippen molar-refractivity contribution < 1.29 is 9.59 Å². The van der Waals surface area contributed by atoms with Crippen molar-refractivity contribution in [1.82, 2.24) is 10.2 Å². The number of hydrogen-bond acceptors (Lipinski definition) is 4. The van der Waals surface area contributed by atoms with Crippen LogP contribution in [0.3, 0.4) is 0 Å². The number of hydrogen-bond donors (Lipinski definition) is 2. The van der Waals surface area contributed by atoms with Crippen molar-refractivity contribution in [3.05, 3.63) is 21.9 Å². The summed E-state index contributed by atoms with van der Waals surface area (Å²) in [6.45, 7) is 7.01. The van der Waals surface area contributed by atoms with E-state index in [0.29, 0.717) is 23.5 Å². The summed E-state index contributed by atoms with van der Waals surface area (Å²) in [5, 5.41) is 4.53. The van der Waals surface area contributed by atoms with E-state index in [0.717, 1.165) is 0 Å². The highest BCUT2D eigenvalue weighted by atomic mass is 32.1. The molecule has 6 heteroatoms. The summed E-state index contributed by atoms with van der Waals surface area (Å²) < 4.78 is 0. The second-order valence-electron chi connectivity index (χ2n) is 4.37. The quantitative estimate of drug-likeness (QED) is 0.798. The van der Waals surface area contributed by atoms with Crippen molar-refractivity contribution in [3.63, 3.8) is 0 Å². The summed E-state index contributed by atoms with van der Waals surface area (Å²) >= 11 is 1.30. The van der Waals surface area contributed by atoms with Crippen LogP contribution in [0.4, 0.5) is 0 Å². The van der Waals surface area contributed by atoms with Crippen molar-refractivity contribution in [2.24, 2.45) is 5.73 Å². The van der Waals surface area contributed by atoms with E-state index in [1.165, 1.54) is 11.3 Å². The maximum atomic E-state index is 12.2. The molecule has 0 fully saturated rings. The zero-order chi connectivity index (χ0) is 15.8. The number of likely N-dealkylation sites (N-methyl/N-ethyl adjacent to an activating group) is 1. The average Bonchev–Trinajstić information content (AvgIpc) is 2.94. The molecular weight excluding hydrogens is 286 g/mol. The Hall–Kier alpha value is -1.84. The van der Waals surface area contributed by atoms with Crippen LogP contribution in [-0.2, 0) is 4.79 Å². The molecule has 0 bridgehead atoms. The summed E-state index contributed by atoms with van der Waals surface area (Å²) in [5.41, 5.74) is 5.98. The lowest BCUT2D eigenvalue weighted by molar-refractivity contribution is -0.132. The van der Waals surface area contributed by atoms with Crippen LogP contribution in [-0.4, -0.2) is 42.4 Å². The van der Waals surface area contributed by atoms with Gasteiger partial charge in [0, 0.05) is 18.7 Å². The first-order chi connectivity index (χ1) is 10.0. The SMILES string of the molecule is CCN(CC)C(=O)C(C)NC(=O)c1sccc1C#CCN. The lowest BCUT2D eigenvalue weighted by Gasteiger charge is -2.23. The summed E-state index contributed by atoms with van der Waals surface area (Å²) in [6, 6.07) is 1.22. The van der Waals surface area contributed by atoms with Gasteiger partial charge >= 0.3 is 0 Å². The summed E-state index contributed by atoms with van der Waals surface area (Å²) in [5.74, 6) is 5.23. The molecular formula is C15H21N3O2S. The number of nitrogens with two attached hydrogens (primary N) is 1. The predicted octanol–water partition coefficient (Wildman–Crippen LogP) is 1.04. The second-order valence-corrected chi connectivity index (χ2v) is 5.29. The molecule has 21 heavy (non-hydrogen) atoms. The maximum absolute atomic E-state index is 12.2. The fraction of sp³-hybridized carbons (Fsp3) is 0.467. The number of carbonyl (C=O) groups is 2. The van der Waals surface area contributed by atoms with Crippen LogP contribution in [0.25, 0.3) is 0 Å². The van der Waals surface area contributed by atoms with Gasteiger partial charge in [-0.3, -0.25) is 9.59 Å². The van der Waals surface area contributed by atoms with Gasteiger partial charge in [-0.1, -0.05) is 11.8 Å². The van der Waals surface area contributed by atoms with Crippen molar-refractivity contribution in [2.45, 2.75) is 26.8 Å². The van der Waals surface area contributed by atoms with E-state index in [1.807, 2.05) is 13.8 Å². The Kier molecular flexibility index (Phi) is 6.92.